The first-order valence-electron chi connectivity index (χ1n) is 8.69. The van der Waals surface area contributed by atoms with E-state index in [4.69, 9.17) is 14.6 Å². The normalized spacial score (nSPS) is 16.8. The van der Waals surface area contributed by atoms with Crippen molar-refractivity contribution in [1.29, 1.82) is 0 Å². The number of hydrogen-bond donors (Lipinski definition) is 1. The molecule has 1 N–H and O–H groups in total. The highest BCUT2D eigenvalue weighted by Gasteiger charge is 2.24. The van der Waals surface area contributed by atoms with Gasteiger partial charge in [0, 0.05) is 40.0 Å². The van der Waals surface area contributed by atoms with Crippen LogP contribution < -0.4 is 5.56 Å². The maximum Gasteiger partial charge on any atom is 0.259 e. The molecule has 0 aromatic carbocycles. The maximum atomic E-state index is 12.3. The van der Waals surface area contributed by atoms with Gasteiger partial charge < -0.3 is 14.5 Å². The van der Waals surface area contributed by atoms with Crippen LogP contribution in [0.25, 0.3) is 10.9 Å². The first kappa shape index (κ1) is 17.4. The highest BCUT2D eigenvalue weighted by atomic mass is 28.3. The van der Waals surface area contributed by atoms with Gasteiger partial charge in [0.1, 0.15) is 6.73 Å². The van der Waals surface area contributed by atoms with Crippen LogP contribution in [0.1, 0.15) is 24.5 Å². The summed E-state index contributed by atoms with van der Waals surface area (Å²) >= 11 is 0. The average molecular weight is 350 g/mol. The predicted octanol–water partition coefficient (Wildman–Crippen LogP) is 2.93. The molecule has 132 valence electrons. The SMILES string of the molecule is C[Si](C)(C)CCOCn1nc(C2CCOCC2)c2c(=O)[nH]ccc21. The minimum atomic E-state index is -1.10. The lowest BCUT2D eigenvalue weighted by atomic mass is 9.95. The van der Waals surface area contributed by atoms with Crippen molar-refractivity contribution in [3.8, 4) is 0 Å². The smallest absolute Gasteiger partial charge is 0.259 e. The molecule has 0 amide bonds. The van der Waals surface area contributed by atoms with Crippen LogP contribution in [-0.2, 0) is 16.2 Å². The third kappa shape index (κ3) is 3.96. The fourth-order valence-corrected chi connectivity index (χ4v) is 3.81. The molecule has 1 fully saturated rings. The minimum Gasteiger partial charge on any atom is -0.381 e. The number of hydrogen-bond acceptors (Lipinski definition) is 4. The van der Waals surface area contributed by atoms with Gasteiger partial charge in [0.15, 0.2) is 0 Å². The summed E-state index contributed by atoms with van der Waals surface area (Å²) in [6.07, 6.45) is 3.51. The second kappa shape index (κ2) is 7.21. The number of aromatic nitrogens is 3. The van der Waals surface area contributed by atoms with Crippen molar-refractivity contribution in [3.05, 3.63) is 28.3 Å². The minimum absolute atomic E-state index is 0.0673. The quantitative estimate of drug-likeness (QED) is 0.643. The van der Waals surface area contributed by atoms with Gasteiger partial charge >= 0.3 is 0 Å². The van der Waals surface area contributed by atoms with Crippen LogP contribution in [0.15, 0.2) is 17.1 Å². The zero-order valence-corrected chi connectivity index (χ0v) is 15.8. The number of nitrogens with zero attached hydrogens (tertiary/aromatic N) is 2. The zero-order chi connectivity index (χ0) is 17.2. The van der Waals surface area contributed by atoms with E-state index in [0.717, 1.165) is 49.9 Å². The second-order valence-electron chi connectivity index (χ2n) is 7.69. The molecule has 0 unspecified atom stereocenters. The Labute approximate surface area is 143 Å². The lowest BCUT2D eigenvalue weighted by Crippen LogP contribution is -2.22. The molecule has 0 radical (unpaired) electrons. The van der Waals surface area contributed by atoms with E-state index >= 15 is 0 Å². The number of nitrogens with one attached hydrogen (secondary N) is 1. The second-order valence-corrected chi connectivity index (χ2v) is 13.3. The van der Waals surface area contributed by atoms with E-state index in [0.29, 0.717) is 12.1 Å². The van der Waals surface area contributed by atoms with E-state index in [1.807, 2.05) is 10.7 Å². The van der Waals surface area contributed by atoms with E-state index in [9.17, 15) is 4.79 Å². The number of aromatic amines is 1. The van der Waals surface area contributed by atoms with Gasteiger partial charge in [-0.15, -0.1) is 0 Å². The first-order valence-corrected chi connectivity index (χ1v) is 12.4. The Hall–Kier alpha value is -1.44. The summed E-state index contributed by atoms with van der Waals surface area (Å²) in [5.74, 6) is 0.285. The third-order valence-corrected chi connectivity index (χ3v) is 6.22. The molecule has 7 heteroatoms. The molecule has 0 atom stereocenters. The monoisotopic (exact) mass is 349 g/mol. The van der Waals surface area contributed by atoms with Crippen molar-refractivity contribution in [2.75, 3.05) is 19.8 Å². The number of fused-ring (bicyclic) bond motifs is 1. The molecular formula is C17H27N3O3Si. The van der Waals surface area contributed by atoms with Crippen molar-refractivity contribution >= 4 is 19.0 Å². The molecule has 24 heavy (non-hydrogen) atoms. The van der Waals surface area contributed by atoms with Gasteiger partial charge in [-0.1, -0.05) is 19.6 Å². The molecular weight excluding hydrogens is 322 g/mol. The van der Waals surface area contributed by atoms with Crippen molar-refractivity contribution < 1.29 is 9.47 Å². The Kier molecular flexibility index (Phi) is 5.22. The molecule has 0 aliphatic carbocycles. The van der Waals surface area contributed by atoms with Gasteiger partial charge in [-0.25, -0.2) is 4.68 Å². The van der Waals surface area contributed by atoms with Crippen LogP contribution in [0.3, 0.4) is 0 Å². The topological polar surface area (TPSA) is 69.1 Å². The molecule has 3 heterocycles. The molecule has 2 aromatic heterocycles. The van der Waals surface area contributed by atoms with E-state index in [2.05, 4.69) is 24.6 Å². The van der Waals surface area contributed by atoms with Crippen LogP contribution >= 0.6 is 0 Å². The largest absolute Gasteiger partial charge is 0.381 e. The molecule has 2 aromatic rings. The lowest BCUT2D eigenvalue weighted by Gasteiger charge is -2.20. The maximum absolute atomic E-state index is 12.3. The summed E-state index contributed by atoms with van der Waals surface area (Å²) in [6, 6.07) is 3.04. The Morgan fingerprint density at radius 2 is 2.12 bits per heavy atom. The molecule has 3 rings (SSSR count). The Morgan fingerprint density at radius 1 is 1.38 bits per heavy atom. The van der Waals surface area contributed by atoms with Crippen molar-refractivity contribution in [1.82, 2.24) is 14.8 Å². The van der Waals surface area contributed by atoms with Crippen molar-refractivity contribution in [2.45, 2.75) is 51.2 Å². The van der Waals surface area contributed by atoms with Crippen LogP contribution in [-0.4, -0.2) is 42.7 Å². The fraction of sp³-hybridized carbons (Fsp3) is 0.647. The molecule has 6 nitrogen and oxygen atoms in total. The molecule has 1 aliphatic rings. The van der Waals surface area contributed by atoms with Gasteiger partial charge in [-0.2, -0.15) is 5.10 Å². The molecule has 0 saturated carbocycles. The predicted molar refractivity (Wildman–Crippen MR) is 97.3 cm³/mol. The molecule has 1 saturated heterocycles. The Balaban J connectivity index is 1.83. The van der Waals surface area contributed by atoms with E-state index in [1.54, 1.807) is 6.20 Å². The van der Waals surface area contributed by atoms with Crippen molar-refractivity contribution in [2.24, 2.45) is 0 Å². The van der Waals surface area contributed by atoms with E-state index in [-0.39, 0.29) is 11.5 Å². The van der Waals surface area contributed by atoms with E-state index in [1.165, 1.54) is 0 Å². The Morgan fingerprint density at radius 3 is 2.83 bits per heavy atom. The van der Waals surface area contributed by atoms with Gasteiger partial charge in [0.05, 0.1) is 16.6 Å². The first-order chi connectivity index (χ1) is 11.5. The summed E-state index contributed by atoms with van der Waals surface area (Å²) < 4.78 is 13.1. The highest BCUT2D eigenvalue weighted by Crippen LogP contribution is 2.30. The van der Waals surface area contributed by atoms with Crippen LogP contribution in [0, 0.1) is 0 Å². The summed E-state index contributed by atoms with van der Waals surface area (Å²) in [4.78, 5) is 15.1. The fourth-order valence-electron chi connectivity index (χ4n) is 3.05. The standard InChI is InChI=1S/C17H27N3O3Si/c1-24(2,3)11-10-23-12-20-14-4-7-18-17(21)15(14)16(19-20)13-5-8-22-9-6-13/h4,7,13H,5-6,8-12H2,1-3H3,(H,18,21). The number of rotatable bonds is 6. The number of H-pyrrole nitrogens is 1. The van der Waals surface area contributed by atoms with Gasteiger partial charge in [0.2, 0.25) is 0 Å². The van der Waals surface area contributed by atoms with Crippen LogP contribution in [0.2, 0.25) is 25.7 Å². The number of pyridine rings is 1. The highest BCUT2D eigenvalue weighted by molar-refractivity contribution is 6.76. The average Bonchev–Trinajstić information content (AvgIpc) is 2.92. The Bertz CT molecular complexity index is 742. The third-order valence-electron chi connectivity index (χ3n) is 4.52. The summed E-state index contributed by atoms with van der Waals surface area (Å²) in [5, 5.41) is 5.44. The van der Waals surface area contributed by atoms with Crippen LogP contribution in [0.5, 0.6) is 0 Å². The zero-order valence-electron chi connectivity index (χ0n) is 14.8. The molecule has 0 bridgehead atoms. The van der Waals surface area contributed by atoms with Gasteiger partial charge in [-0.05, 0) is 25.0 Å². The number of ether oxygens (including phenoxy) is 2. The van der Waals surface area contributed by atoms with Crippen LogP contribution in [0.4, 0.5) is 0 Å². The summed E-state index contributed by atoms with van der Waals surface area (Å²) in [6.45, 7) is 9.61. The summed E-state index contributed by atoms with van der Waals surface area (Å²) in [7, 11) is -1.10. The van der Waals surface area contributed by atoms with Gasteiger partial charge in [-0.3, -0.25) is 4.79 Å². The molecule has 1 aliphatic heterocycles. The van der Waals surface area contributed by atoms with E-state index < -0.39 is 8.07 Å². The van der Waals surface area contributed by atoms with Crippen molar-refractivity contribution in [3.63, 3.8) is 0 Å². The molecule has 0 spiro atoms. The van der Waals surface area contributed by atoms with Gasteiger partial charge in [0.25, 0.3) is 5.56 Å². The lowest BCUT2D eigenvalue weighted by molar-refractivity contribution is 0.0771. The summed E-state index contributed by atoms with van der Waals surface area (Å²) in [5.41, 5.74) is 1.68.